The number of allylic oxidation sites excluding steroid dienone is 2. The summed E-state index contributed by atoms with van der Waals surface area (Å²) in [5.41, 5.74) is 5.57. The number of rotatable bonds is 13. The van der Waals surface area contributed by atoms with Crippen LogP contribution in [0.25, 0.3) is 0 Å². The first-order valence-corrected chi connectivity index (χ1v) is 8.02. The molecular weight excluding hydrogens is 292 g/mol. The number of hydrogen-bond donors (Lipinski definition) is 2. The van der Waals surface area contributed by atoms with Gasteiger partial charge in [0.15, 0.2) is 0 Å². The molecule has 22 heavy (non-hydrogen) atoms. The third-order valence-electron chi connectivity index (χ3n) is 3.31. The van der Waals surface area contributed by atoms with E-state index in [4.69, 9.17) is 10.5 Å². The lowest BCUT2D eigenvalue weighted by Gasteiger charge is -2.16. The number of halogens is 2. The predicted molar refractivity (Wildman–Crippen MR) is 82.7 cm³/mol. The molecule has 0 aliphatic heterocycles. The first-order chi connectivity index (χ1) is 10.5. The smallest absolute Gasteiger partial charge is 0.325 e. The van der Waals surface area contributed by atoms with Crippen molar-refractivity contribution < 1.29 is 23.4 Å². The summed E-state index contributed by atoms with van der Waals surface area (Å²) < 4.78 is 28.5. The SMILES string of the molecule is CCOC(=O)C(N)C(O)CCC=CCCCCCCC(F)F. The second-order valence-corrected chi connectivity index (χ2v) is 5.28. The molecule has 3 N–H and O–H groups in total. The standard InChI is InChI=1S/C16H29F2NO3/c1-2-22-16(21)15(19)13(20)11-9-7-5-3-4-6-8-10-12-14(17)18/h5,7,13-15,20H,2-4,6,8-12,19H2,1H3. The van der Waals surface area contributed by atoms with E-state index < -0.39 is 24.5 Å². The van der Waals surface area contributed by atoms with Crippen LogP contribution in [0.1, 0.15) is 58.3 Å². The lowest BCUT2D eigenvalue weighted by molar-refractivity contribution is -0.147. The number of aliphatic hydroxyl groups is 1. The Hall–Kier alpha value is -1.01. The summed E-state index contributed by atoms with van der Waals surface area (Å²) in [5.74, 6) is -0.581. The molecule has 0 bridgehead atoms. The average molecular weight is 321 g/mol. The number of unbranched alkanes of at least 4 members (excludes halogenated alkanes) is 4. The van der Waals surface area contributed by atoms with Crippen LogP contribution in [0, 0.1) is 0 Å². The third kappa shape index (κ3) is 11.6. The first-order valence-electron chi connectivity index (χ1n) is 8.02. The van der Waals surface area contributed by atoms with Gasteiger partial charge in [0.05, 0.1) is 12.7 Å². The van der Waals surface area contributed by atoms with Crippen molar-refractivity contribution >= 4 is 5.97 Å². The molecule has 4 nitrogen and oxygen atoms in total. The zero-order valence-corrected chi connectivity index (χ0v) is 13.3. The minimum absolute atomic E-state index is 0.00551. The molecule has 0 saturated carbocycles. The van der Waals surface area contributed by atoms with Crippen LogP contribution in [0.15, 0.2) is 12.2 Å². The van der Waals surface area contributed by atoms with Gasteiger partial charge in [-0.15, -0.1) is 0 Å². The van der Waals surface area contributed by atoms with Crippen molar-refractivity contribution in [1.29, 1.82) is 0 Å². The fourth-order valence-electron chi connectivity index (χ4n) is 1.99. The number of alkyl halides is 2. The Morgan fingerprint density at radius 1 is 1.14 bits per heavy atom. The van der Waals surface area contributed by atoms with Gasteiger partial charge in [0.1, 0.15) is 6.04 Å². The molecule has 130 valence electrons. The van der Waals surface area contributed by atoms with Crippen molar-refractivity contribution in [1.82, 2.24) is 0 Å². The molecule has 0 spiro atoms. The second-order valence-electron chi connectivity index (χ2n) is 5.28. The van der Waals surface area contributed by atoms with Crippen molar-refractivity contribution in [2.75, 3.05) is 6.61 Å². The van der Waals surface area contributed by atoms with Crippen molar-refractivity contribution in [3.63, 3.8) is 0 Å². The largest absolute Gasteiger partial charge is 0.465 e. The monoisotopic (exact) mass is 321 g/mol. The number of aliphatic hydroxyl groups excluding tert-OH is 1. The second kappa shape index (κ2) is 13.6. The molecule has 0 aliphatic rings. The minimum atomic E-state index is -2.19. The topological polar surface area (TPSA) is 72.5 Å². The van der Waals surface area contributed by atoms with E-state index in [0.717, 1.165) is 25.7 Å². The highest BCUT2D eigenvalue weighted by atomic mass is 19.3. The van der Waals surface area contributed by atoms with Crippen LogP contribution in [0.5, 0.6) is 0 Å². The third-order valence-corrected chi connectivity index (χ3v) is 3.31. The Labute approximate surface area is 131 Å². The van der Waals surface area contributed by atoms with Crippen LogP contribution in [0.2, 0.25) is 0 Å². The van der Waals surface area contributed by atoms with Crippen LogP contribution < -0.4 is 5.73 Å². The molecule has 6 heteroatoms. The Morgan fingerprint density at radius 2 is 1.77 bits per heavy atom. The molecular formula is C16H29F2NO3. The Morgan fingerprint density at radius 3 is 2.41 bits per heavy atom. The molecule has 2 atom stereocenters. The lowest BCUT2D eigenvalue weighted by atomic mass is 10.1. The van der Waals surface area contributed by atoms with Crippen molar-refractivity contribution in [3.05, 3.63) is 12.2 Å². The summed E-state index contributed by atoms with van der Waals surface area (Å²) in [4.78, 5) is 11.3. The molecule has 0 aromatic rings. The van der Waals surface area contributed by atoms with Gasteiger partial charge in [-0.25, -0.2) is 8.78 Å². The summed E-state index contributed by atoms with van der Waals surface area (Å²) in [6, 6.07) is -0.997. The highest BCUT2D eigenvalue weighted by Crippen LogP contribution is 2.10. The van der Waals surface area contributed by atoms with E-state index >= 15 is 0 Å². The number of carbonyl (C=O) groups excluding carboxylic acids is 1. The molecule has 0 fully saturated rings. The maximum absolute atomic E-state index is 11.9. The quantitative estimate of drug-likeness (QED) is 0.310. The predicted octanol–water partition coefficient (Wildman–Crippen LogP) is 3.18. The fraction of sp³-hybridized carbons (Fsp3) is 0.812. The number of hydrogen-bond acceptors (Lipinski definition) is 4. The van der Waals surface area contributed by atoms with Gasteiger partial charge in [-0.1, -0.05) is 25.0 Å². The molecule has 0 aliphatic carbocycles. The van der Waals surface area contributed by atoms with E-state index in [-0.39, 0.29) is 13.0 Å². The van der Waals surface area contributed by atoms with Gasteiger partial charge in [0, 0.05) is 6.42 Å². The van der Waals surface area contributed by atoms with Gasteiger partial charge in [-0.3, -0.25) is 4.79 Å². The maximum Gasteiger partial charge on any atom is 0.325 e. The zero-order chi connectivity index (χ0) is 16.8. The van der Waals surface area contributed by atoms with Gasteiger partial charge >= 0.3 is 5.97 Å². The molecule has 0 saturated heterocycles. The van der Waals surface area contributed by atoms with Gasteiger partial charge in [-0.2, -0.15) is 0 Å². The summed E-state index contributed by atoms with van der Waals surface area (Å²) in [6.07, 6.45) is 6.15. The van der Waals surface area contributed by atoms with E-state index in [1.165, 1.54) is 0 Å². The number of esters is 1. The van der Waals surface area contributed by atoms with E-state index in [1.54, 1.807) is 6.92 Å². The Balaban J connectivity index is 3.55. The highest BCUT2D eigenvalue weighted by Gasteiger charge is 2.22. The van der Waals surface area contributed by atoms with E-state index in [2.05, 4.69) is 0 Å². The zero-order valence-electron chi connectivity index (χ0n) is 13.3. The van der Waals surface area contributed by atoms with E-state index in [9.17, 15) is 18.7 Å². The minimum Gasteiger partial charge on any atom is -0.465 e. The highest BCUT2D eigenvalue weighted by molar-refractivity contribution is 5.76. The molecule has 0 aromatic heterocycles. The fourth-order valence-corrected chi connectivity index (χ4v) is 1.99. The van der Waals surface area contributed by atoms with Crippen LogP contribution in [0.3, 0.4) is 0 Å². The molecule has 0 amide bonds. The first kappa shape index (κ1) is 21.0. The molecule has 2 unspecified atom stereocenters. The number of nitrogens with two attached hydrogens (primary N) is 1. The van der Waals surface area contributed by atoms with Crippen LogP contribution in [-0.2, 0) is 9.53 Å². The Kier molecular flexibility index (Phi) is 13.0. The van der Waals surface area contributed by atoms with Gasteiger partial charge in [0.2, 0.25) is 6.43 Å². The van der Waals surface area contributed by atoms with E-state index in [0.29, 0.717) is 19.3 Å². The maximum atomic E-state index is 11.9. The Bertz CT molecular complexity index is 312. The summed E-state index contributed by atoms with van der Waals surface area (Å²) in [5, 5.41) is 9.74. The molecule has 0 heterocycles. The van der Waals surface area contributed by atoms with E-state index in [1.807, 2.05) is 12.2 Å². The number of ether oxygens (including phenoxy) is 1. The average Bonchev–Trinajstić information content (AvgIpc) is 2.48. The number of carbonyl (C=O) groups is 1. The molecule has 0 radical (unpaired) electrons. The van der Waals surface area contributed by atoms with Crippen molar-refractivity contribution in [2.24, 2.45) is 5.73 Å². The van der Waals surface area contributed by atoms with Crippen LogP contribution >= 0.6 is 0 Å². The normalized spacial score (nSPS) is 14.5. The van der Waals surface area contributed by atoms with Crippen LogP contribution in [-0.4, -0.2) is 36.3 Å². The van der Waals surface area contributed by atoms with Crippen molar-refractivity contribution in [2.45, 2.75) is 76.9 Å². The van der Waals surface area contributed by atoms with Gasteiger partial charge < -0.3 is 15.6 Å². The van der Waals surface area contributed by atoms with Crippen LogP contribution in [0.4, 0.5) is 8.78 Å². The van der Waals surface area contributed by atoms with Crippen molar-refractivity contribution in [3.8, 4) is 0 Å². The summed E-state index contributed by atoms with van der Waals surface area (Å²) in [6.45, 7) is 1.93. The van der Waals surface area contributed by atoms with Gasteiger partial charge in [-0.05, 0) is 39.0 Å². The van der Waals surface area contributed by atoms with Gasteiger partial charge in [0.25, 0.3) is 0 Å². The summed E-state index contributed by atoms with van der Waals surface area (Å²) >= 11 is 0. The lowest BCUT2D eigenvalue weighted by Crippen LogP contribution is -2.42. The summed E-state index contributed by atoms with van der Waals surface area (Å²) in [7, 11) is 0. The molecule has 0 rings (SSSR count). The molecule has 0 aromatic carbocycles.